The minimum absolute atomic E-state index is 0.265. The highest BCUT2D eigenvalue weighted by molar-refractivity contribution is 5.91. The molecular formula is C15H21NO3. The minimum atomic E-state index is -0.925. The van der Waals surface area contributed by atoms with Gasteiger partial charge in [-0.15, -0.1) is 0 Å². The number of hydrogen-bond donors (Lipinski definition) is 1. The van der Waals surface area contributed by atoms with Crippen molar-refractivity contribution in [1.82, 2.24) is 4.90 Å². The number of carbonyl (C=O) groups is 1. The van der Waals surface area contributed by atoms with Gasteiger partial charge in [0.2, 0.25) is 0 Å². The third kappa shape index (κ3) is 2.59. The lowest BCUT2D eigenvalue weighted by molar-refractivity contribution is 0.0693. The normalized spacial score (nSPS) is 19.0. The van der Waals surface area contributed by atoms with Crippen molar-refractivity contribution in [2.75, 3.05) is 13.7 Å². The maximum Gasteiger partial charge on any atom is 0.339 e. The van der Waals surface area contributed by atoms with Gasteiger partial charge < -0.3 is 9.84 Å². The Morgan fingerprint density at radius 3 is 2.68 bits per heavy atom. The molecule has 1 unspecified atom stereocenters. The van der Waals surface area contributed by atoms with E-state index in [0.717, 1.165) is 31.5 Å². The number of carboxylic acid groups (broad SMARTS) is 1. The fourth-order valence-electron chi connectivity index (χ4n) is 2.84. The second-order valence-electron chi connectivity index (χ2n) is 4.96. The van der Waals surface area contributed by atoms with Crippen LogP contribution in [0.15, 0.2) is 12.1 Å². The number of fused-ring (bicyclic) bond motifs is 1. The van der Waals surface area contributed by atoms with Crippen molar-refractivity contribution in [2.45, 2.75) is 39.3 Å². The summed E-state index contributed by atoms with van der Waals surface area (Å²) in [6.45, 7) is 6.23. The van der Waals surface area contributed by atoms with Gasteiger partial charge in [0, 0.05) is 12.6 Å². The topological polar surface area (TPSA) is 49.8 Å². The van der Waals surface area contributed by atoms with Gasteiger partial charge in [0.05, 0.1) is 7.11 Å². The smallest absolute Gasteiger partial charge is 0.339 e. The molecule has 0 fully saturated rings. The minimum Gasteiger partial charge on any atom is -0.496 e. The zero-order chi connectivity index (χ0) is 14.0. The third-order valence-electron chi connectivity index (χ3n) is 3.97. The van der Waals surface area contributed by atoms with E-state index >= 15 is 0 Å². The molecule has 104 valence electrons. The maximum atomic E-state index is 11.2. The summed E-state index contributed by atoms with van der Waals surface area (Å²) in [5.74, 6) is -0.470. The summed E-state index contributed by atoms with van der Waals surface area (Å²) in [6.07, 6.45) is 2.01. The van der Waals surface area contributed by atoms with Crippen LogP contribution in [-0.2, 0) is 13.0 Å². The zero-order valence-corrected chi connectivity index (χ0v) is 11.8. The number of likely N-dealkylation sites (N-methyl/N-ethyl adjacent to an activating group) is 1. The number of hydrogen-bond acceptors (Lipinski definition) is 3. The van der Waals surface area contributed by atoms with Crippen molar-refractivity contribution in [1.29, 1.82) is 0 Å². The molecule has 0 bridgehead atoms. The molecule has 0 aliphatic carbocycles. The van der Waals surface area contributed by atoms with Crippen molar-refractivity contribution in [3.05, 3.63) is 28.8 Å². The van der Waals surface area contributed by atoms with Crippen LogP contribution in [0.25, 0.3) is 0 Å². The van der Waals surface area contributed by atoms with Crippen LogP contribution in [0.2, 0.25) is 0 Å². The SMILES string of the molecule is CCC1Cc2cc(C(=O)O)c(OC)cc2CN1CC. The number of benzene rings is 1. The van der Waals surface area contributed by atoms with E-state index in [4.69, 9.17) is 4.74 Å². The van der Waals surface area contributed by atoms with Gasteiger partial charge in [-0.05, 0) is 42.6 Å². The van der Waals surface area contributed by atoms with Crippen LogP contribution in [0, 0.1) is 0 Å². The van der Waals surface area contributed by atoms with E-state index < -0.39 is 5.97 Å². The molecule has 0 saturated heterocycles. The molecule has 1 aromatic carbocycles. The zero-order valence-electron chi connectivity index (χ0n) is 11.8. The molecule has 1 aliphatic rings. The fourth-order valence-corrected chi connectivity index (χ4v) is 2.84. The Morgan fingerprint density at radius 1 is 1.42 bits per heavy atom. The third-order valence-corrected chi connectivity index (χ3v) is 3.97. The molecule has 4 nitrogen and oxygen atoms in total. The van der Waals surface area contributed by atoms with Gasteiger partial charge in [0.25, 0.3) is 0 Å². The van der Waals surface area contributed by atoms with Crippen LogP contribution in [0.5, 0.6) is 5.75 Å². The highest BCUT2D eigenvalue weighted by Gasteiger charge is 2.26. The fraction of sp³-hybridized carbons (Fsp3) is 0.533. The van der Waals surface area contributed by atoms with E-state index in [2.05, 4.69) is 18.7 Å². The number of aromatic carboxylic acids is 1. The van der Waals surface area contributed by atoms with Gasteiger partial charge in [-0.3, -0.25) is 4.90 Å². The van der Waals surface area contributed by atoms with Crippen LogP contribution in [0.1, 0.15) is 41.8 Å². The molecule has 1 N–H and O–H groups in total. The van der Waals surface area contributed by atoms with Crippen LogP contribution in [0.3, 0.4) is 0 Å². The Morgan fingerprint density at radius 2 is 2.16 bits per heavy atom. The average Bonchev–Trinajstić information content (AvgIpc) is 2.43. The van der Waals surface area contributed by atoms with Crippen molar-refractivity contribution >= 4 is 5.97 Å². The summed E-state index contributed by atoms with van der Waals surface area (Å²) in [7, 11) is 1.52. The Labute approximate surface area is 114 Å². The lowest BCUT2D eigenvalue weighted by Crippen LogP contribution is -2.39. The van der Waals surface area contributed by atoms with Gasteiger partial charge in [0.15, 0.2) is 0 Å². The summed E-state index contributed by atoms with van der Waals surface area (Å²) in [5.41, 5.74) is 2.60. The Bertz CT molecular complexity index is 485. The van der Waals surface area contributed by atoms with Crippen molar-refractivity contribution in [3.63, 3.8) is 0 Å². The lowest BCUT2D eigenvalue weighted by Gasteiger charge is -2.36. The molecule has 2 rings (SSSR count). The van der Waals surface area contributed by atoms with Crippen molar-refractivity contribution in [3.8, 4) is 5.75 Å². The first kappa shape index (κ1) is 13.9. The Balaban J connectivity index is 2.43. The molecule has 0 aromatic heterocycles. The molecule has 1 aliphatic heterocycles. The first-order valence-electron chi connectivity index (χ1n) is 6.77. The summed E-state index contributed by atoms with van der Waals surface area (Å²) in [5, 5.41) is 9.23. The van der Waals surface area contributed by atoms with E-state index in [1.807, 2.05) is 6.07 Å². The number of methoxy groups -OCH3 is 1. The number of rotatable bonds is 4. The molecule has 0 amide bonds. The second-order valence-corrected chi connectivity index (χ2v) is 4.96. The van der Waals surface area contributed by atoms with Gasteiger partial charge in [-0.2, -0.15) is 0 Å². The maximum absolute atomic E-state index is 11.2. The van der Waals surface area contributed by atoms with E-state index in [1.165, 1.54) is 12.7 Å². The van der Waals surface area contributed by atoms with Gasteiger partial charge in [-0.1, -0.05) is 13.8 Å². The van der Waals surface area contributed by atoms with Crippen LogP contribution in [0.4, 0.5) is 0 Å². The predicted molar refractivity (Wildman–Crippen MR) is 73.8 cm³/mol. The molecule has 1 atom stereocenters. The number of ether oxygens (including phenoxy) is 1. The standard InChI is InChI=1S/C15H21NO3/c1-4-12-6-10-7-13(15(17)18)14(19-3)8-11(10)9-16(12)5-2/h7-8,12H,4-6,9H2,1-3H3,(H,17,18). The largest absolute Gasteiger partial charge is 0.496 e. The highest BCUT2D eigenvalue weighted by Crippen LogP contribution is 2.30. The Kier molecular flexibility index (Phi) is 4.10. The molecule has 0 radical (unpaired) electrons. The number of carboxylic acids is 1. The molecule has 19 heavy (non-hydrogen) atoms. The summed E-state index contributed by atoms with van der Waals surface area (Å²) in [4.78, 5) is 13.7. The number of nitrogens with zero attached hydrogens (tertiary/aromatic N) is 1. The molecule has 1 heterocycles. The monoisotopic (exact) mass is 263 g/mol. The van der Waals surface area contributed by atoms with Crippen LogP contribution >= 0.6 is 0 Å². The molecular weight excluding hydrogens is 242 g/mol. The van der Waals surface area contributed by atoms with Crippen LogP contribution in [-0.4, -0.2) is 35.7 Å². The summed E-state index contributed by atoms with van der Waals surface area (Å²) in [6, 6.07) is 4.17. The molecule has 4 heteroatoms. The Hall–Kier alpha value is -1.55. The van der Waals surface area contributed by atoms with Gasteiger partial charge >= 0.3 is 5.97 Å². The van der Waals surface area contributed by atoms with Gasteiger partial charge in [0.1, 0.15) is 11.3 Å². The van der Waals surface area contributed by atoms with E-state index in [9.17, 15) is 9.90 Å². The van der Waals surface area contributed by atoms with Crippen molar-refractivity contribution < 1.29 is 14.6 Å². The van der Waals surface area contributed by atoms with Crippen molar-refractivity contribution in [2.24, 2.45) is 0 Å². The predicted octanol–water partition coefficient (Wildman–Crippen LogP) is 2.55. The first-order valence-corrected chi connectivity index (χ1v) is 6.77. The quantitative estimate of drug-likeness (QED) is 0.907. The van der Waals surface area contributed by atoms with E-state index in [1.54, 1.807) is 6.07 Å². The van der Waals surface area contributed by atoms with E-state index in [0.29, 0.717) is 11.8 Å². The molecule has 0 saturated carbocycles. The van der Waals surface area contributed by atoms with E-state index in [-0.39, 0.29) is 5.56 Å². The highest BCUT2D eigenvalue weighted by atomic mass is 16.5. The summed E-state index contributed by atoms with van der Waals surface area (Å²) < 4.78 is 5.20. The van der Waals surface area contributed by atoms with Crippen LogP contribution < -0.4 is 4.74 Å². The first-order chi connectivity index (χ1) is 9.10. The molecule has 0 spiro atoms. The molecule has 1 aromatic rings. The second kappa shape index (κ2) is 5.61. The average molecular weight is 263 g/mol. The lowest BCUT2D eigenvalue weighted by atomic mass is 9.90. The summed E-state index contributed by atoms with van der Waals surface area (Å²) >= 11 is 0. The van der Waals surface area contributed by atoms with Gasteiger partial charge in [-0.25, -0.2) is 4.79 Å².